The SMILES string of the molecule is Cc1ncccc1NC(C)c1cc2ccccc2s1. The first-order chi connectivity index (χ1) is 9.24. The lowest BCUT2D eigenvalue weighted by Gasteiger charge is -2.14. The molecule has 0 fully saturated rings. The summed E-state index contributed by atoms with van der Waals surface area (Å²) in [5.74, 6) is 0. The molecule has 0 bridgehead atoms. The monoisotopic (exact) mass is 268 g/mol. The first-order valence-corrected chi connectivity index (χ1v) is 7.22. The van der Waals surface area contributed by atoms with E-state index in [0.717, 1.165) is 11.4 Å². The summed E-state index contributed by atoms with van der Waals surface area (Å²) in [6.45, 7) is 4.22. The summed E-state index contributed by atoms with van der Waals surface area (Å²) in [6, 6.07) is 15.1. The van der Waals surface area contributed by atoms with Crippen LogP contribution in [0.25, 0.3) is 10.1 Å². The number of thiophene rings is 1. The maximum Gasteiger partial charge on any atom is 0.0603 e. The number of rotatable bonds is 3. The maximum absolute atomic E-state index is 4.31. The molecule has 0 saturated heterocycles. The van der Waals surface area contributed by atoms with E-state index in [-0.39, 0.29) is 0 Å². The van der Waals surface area contributed by atoms with Crippen molar-refractivity contribution in [1.29, 1.82) is 0 Å². The molecule has 0 radical (unpaired) electrons. The second-order valence-electron chi connectivity index (χ2n) is 4.69. The second kappa shape index (κ2) is 5.02. The quantitative estimate of drug-likeness (QED) is 0.739. The third-order valence-corrected chi connectivity index (χ3v) is 4.55. The third kappa shape index (κ3) is 2.47. The summed E-state index contributed by atoms with van der Waals surface area (Å²) in [5, 5.41) is 4.85. The van der Waals surface area contributed by atoms with E-state index in [9.17, 15) is 0 Å². The van der Waals surface area contributed by atoms with E-state index >= 15 is 0 Å². The third-order valence-electron chi connectivity index (χ3n) is 3.25. The number of fused-ring (bicyclic) bond motifs is 1. The molecule has 19 heavy (non-hydrogen) atoms. The number of nitrogens with zero attached hydrogens (tertiary/aromatic N) is 1. The van der Waals surface area contributed by atoms with Gasteiger partial charge in [-0.3, -0.25) is 4.98 Å². The first kappa shape index (κ1) is 12.2. The standard InChI is InChI=1S/C16H16N2S/c1-11-14(7-5-9-17-11)18-12(2)16-10-13-6-3-4-8-15(13)19-16/h3-10,12,18H,1-2H3. The number of nitrogens with one attached hydrogen (secondary N) is 1. The van der Waals surface area contributed by atoms with Gasteiger partial charge in [0.05, 0.1) is 17.4 Å². The van der Waals surface area contributed by atoms with Gasteiger partial charge >= 0.3 is 0 Å². The Morgan fingerprint density at radius 1 is 1.16 bits per heavy atom. The number of benzene rings is 1. The Hall–Kier alpha value is -1.87. The first-order valence-electron chi connectivity index (χ1n) is 6.40. The van der Waals surface area contributed by atoms with E-state index in [1.165, 1.54) is 15.0 Å². The van der Waals surface area contributed by atoms with Gasteiger partial charge < -0.3 is 5.32 Å². The Morgan fingerprint density at radius 2 is 2.00 bits per heavy atom. The van der Waals surface area contributed by atoms with Gasteiger partial charge in [-0.1, -0.05) is 18.2 Å². The van der Waals surface area contributed by atoms with Crippen molar-refractivity contribution in [3.8, 4) is 0 Å². The van der Waals surface area contributed by atoms with Crippen LogP contribution in [0.1, 0.15) is 23.5 Å². The zero-order valence-electron chi connectivity index (χ0n) is 11.1. The molecule has 96 valence electrons. The molecule has 0 amide bonds. The molecule has 1 unspecified atom stereocenters. The predicted molar refractivity (Wildman–Crippen MR) is 82.8 cm³/mol. The second-order valence-corrected chi connectivity index (χ2v) is 5.80. The topological polar surface area (TPSA) is 24.9 Å². The summed E-state index contributed by atoms with van der Waals surface area (Å²) in [5.41, 5.74) is 2.14. The zero-order chi connectivity index (χ0) is 13.2. The summed E-state index contributed by atoms with van der Waals surface area (Å²) >= 11 is 1.85. The normalized spacial score (nSPS) is 12.5. The van der Waals surface area contributed by atoms with Crippen molar-refractivity contribution in [1.82, 2.24) is 4.98 Å². The van der Waals surface area contributed by atoms with Crippen molar-refractivity contribution in [3.05, 3.63) is 59.2 Å². The van der Waals surface area contributed by atoms with E-state index in [0.29, 0.717) is 6.04 Å². The Kier molecular flexibility index (Phi) is 3.22. The van der Waals surface area contributed by atoms with Crippen LogP contribution in [0.5, 0.6) is 0 Å². The van der Waals surface area contributed by atoms with Crippen LogP contribution in [0.2, 0.25) is 0 Å². The fourth-order valence-electron chi connectivity index (χ4n) is 2.16. The molecule has 2 aromatic heterocycles. The lowest BCUT2D eigenvalue weighted by Crippen LogP contribution is -2.06. The lowest BCUT2D eigenvalue weighted by molar-refractivity contribution is 0.902. The van der Waals surface area contributed by atoms with Crippen molar-refractivity contribution in [2.75, 3.05) is 5.32 Å². The minimum atomic E-state index is 0.292. The number of pyridine rings is 1. The molecule has 0 aliphatic heterocycles. The molecule has 0 saturated carbocycles. The number of aromatic nitrogens is 1. The van der Waals surface area contributed by atoms with Crippen molar-refractivity contribution in [2.45, 2.75) is 19.9 Å². The van der Waals surface area contributed by atoms with Gasteiger partial charge in [-0.2, -0.15) is 0 Å². The molecule has 2 heterocycles. The van der Waals surface area contributed by atoms with Crippen molar-refractivity contribution < 1.29 is 0 Å². The lowest BCUT2D eigenvalue weighted by atomic mass is 10.2. The molecule has 3 rings (SSSR count). The minimum Gasteiger partial charge on any atom is -0.376 e. The van der Waals surface area contributed by atoms with Crippen LogP contribution in [0.15, 0.2) is 48.7 Å². The summed E-state index contributed by atoms with van der Waals surface area (Å²) < 4.78 is 1.34. The van der Waals surface area contributed by atoms with Crippen LogP contribution in [0, 0.1) is 6.92 Å². The van der Waals surface area contributed by atoms with Crippen molar-refractivity contribution in [2.24, 2.45) is 0 Å². The highest BCUT2D eigenvalue weighted by Gasteiger charge is 2.10. The highest BCUT2D eigenvalue weighted by atomic mass is 32.1. The van der Waals surface area contributed by atoms with Crippen molar-refractivity contribution in [3.63, 3.8) is 0 Å². The minimum absolute atomic E-state index is 0.292. The van der Waals surface area contributed by atoms with Gasteiger partial charge in [0.1, 0.15) is 0 Å². The molecule has 1 atom stereocenters. The number of hydrogen-bond donors (Lipinski definition) is 1. The van der Waals surface area contributed by atoms with Gasteiger partial charge in [0.25, 0.3) is 0 Å². The van der Waals surface area contributed by atoms with Gasteiger partial charge in [0.2, 0.25) is 0 Å². The van der Waals surface area contributed by atoms with Gasteiger partial charge in [-0.05, 0) is 43.5 Å². The largest absolute Gasteiger partial charge is 0.376 e. The molecule has 3 heteroatoms. The van der Waals surface area contributed by atoms with Crippen LogP contribution >= 0.6 is 11.3 Å². The van der Waals surface area contributed by atoms with Gasteiger partial charge in [-0.25, -0.2) is 0 Å². The summed E-state index contributed by atoms with van der Waals surface area (Å²) in [7, 11) is 0. The smallest absolute Gasteiger partial charge is 0.0603 e. The van der Waals surface area contributed by atoms with E-state index in [1.54, 1.807) is 0 Å². The Morgan fingerprint density at radius 3 is 2.79 bits per heavy atom. The Bertz CT molecular complexity index is 670. The predicted octanol–water partition coefficient (Wildman–Crippen LogP) is 4.78. The number of aryl methyl sites for hydroxylation is 1. The number of anilines is 1. The average molecular weight is 268 g/mol. The summed E-state index contributed by atoms with van der Waals surface area (Å²) in [6.07, 6.45) is 1.82. The average Bonchev–Trinajstić information content (AvgIpc) is 2.85. The van der Waals surface area contributed by atoms with Crippen molar-refractivity contribution >= 4 is 27.1 Å². The molecule has 0 spiro atoms. The van der Waals surface area contributed by atoms with E-state index in [1.807, 2.05) is 30.5 Å². The maximum atomic E-state index is 4.31. The van der Waals surface area contributed by atoms with E-state index in [2.05, 4.69) is 53.6 Å². The highest BCUT2D eigenvalue weighted by molar-refractivity contribution is 7.19. The molecule has 1 aromatic carbocycles. The highest BCUT2D eigenvalue weighted by Crippen LogP contribution is 2.31. The van der Waals surface area contributed by atoms with Gasteiger partial charge in [0, 0.05) is 15.8 Å². The molecule has 0 aliphatic rings. The van der Waals surface area contributed by atoms with Gasteiger partial charge in [0.15, 0.2) is 0 Å². The molecule has 0 aliphatic carbocycles. The summed E-state index contributed by atoms with van der Waals surface area (Å²) in [4.78, 5) is 5.66. The van der Waals surface area contributed by atoms with Crippen LogP contribution in [-0.2, 0) is 0 Å². The zero-order valence-corrected chi connectivity index (χ0v) is 11.9. The molecule has 3 aromatic rings. The van der Waals surface area contributed by atoms with E-state index < -0.39 is 0 Å². The van der Waals surface area contributed by atoms with Crippen LogP contribution in [-0.4, -0.2) is 4.98 Å². The fourth-order valence-corrected chi connectivity index (χ4v) is 3.22. The van der Waals surface area contributed by atoms with Gasteiger partial charge in [-0.15, -0.1) is 11.3 Å². The molecular formula is C16H16N2S. The Balaban J connectivity index is 1.87. The fraction of sp³-hybridized carbons (Fsp3) is 0.188. The van der Waals surface area contributed by atoms with Crippen LogP contribution < -0.4 is 5.32 Å². The molecular weight excluding hydrogens is 252 g/mol. The molecule has 1 N–H and O–H groups in total. The molecule has 2 nitrogen and oxygen atoms in total. The number of hydrogen-bond acceptors (Lipinski definition) is 3. The Labute approximate surface area is 117 Å². The van der Waals surface area contributed by atoms with E-state index in [4.69, 9.17) is 0 Å². The van der Waals surface area contributed by atoms with Crippen LogP contribution in [0.4, 0.5) is 5.69 Å². The van der Waals surface area contributed by atoms with Crippen LogP contribution in [0.3, 0.4) is 0 Å².